The minimum absolute atomic E-state index is 0.253. The van der Waals surface area contributed by atoms with E-state index in [9.17, 15) is 9.59 Å². The van der Waals surface area contributed by atoms with Gasteiger partial charge in [-0.15, -0.1) is 0 Å². The van der Waals surface area contributed by atoms with Gasteiger partial charge in [0.15, 0.2) is 13.2 Å². The Kier molecular flexibility index (Phi) is 7.02. The van der Waals surface area contributed by atoms with Crippen molar-refractivity contribution in [2.24, 2.45) is 0 Å². The summed E-state index contributed by atoms with van der Waals surface area (Å²) in [6, 6.07) is 14.4. The Morgan fingerprint density at radius 3 is 2.12 bits per heavy atom. The summed E-state index contributed by atoms with van der Waals surface area (Å²) in [4.78, 5) is 23.5. The van der Waals surface area contributed by atoms with Crippen molar-refractivity contribution in [2.75, 3.05) is 25.6 Å². The van der Waals surface area contributed by atoms with Crippen molar-refractivity contribution in [3.8, 4) is 11.5 Å². The summed E-state index contributed by atoms with van der Waals surface area (Å²) in [7, 11) is 1.56. The van der Waals surface area contributed by atoms with Gasteiger partial charge in [0, 0.05) is 5.69 Å². The summed E-state index contributed by atoms with van der Waals surface area (Å²) in [5.41, 5.74) is 1.78. The van der Waals surface area contributed by atoms with Crippen molar-refractivity contribution in [1.82, 2.24) is 0 Å². The summed E-state index contributed by atoms with van der Waals surface area (Å²) in [5.74, 6) is 0.660. The Bertz CT molecular complexity index is 723. The molecule has 0 fully saturated rings. The zero-order chi connectivity index (χ0) is 18.9. The minimum Gasteiger partial charge on any atom is -0.497 e. The van der Waals surface area contributed by atoms with Gasteiger partial charge in [-0.3, -0.25) is 4.79 Å². The molecule has 2 rings (SSSR count). The van der Waals surface area contributed by atoms with Gasteiger partial charge in [-0.2, -0.15) is 0 Å². The van der Waals surface area contributed by atoms with Crippen LogP contribution in [0.5, 0.6) is 11.5 Å². The second-order valence-electron chi connectivity index (χ2n) is 5.95. The first kappa shape index (κ1) is 19.3. The number of benzene rings is 2. The Balaban J connectivity index is 1.71. The van der Waals surface area contributed by atoms with Crippen molar-refractivity contribution in [3.05, 3.63) is 54.1 Å². The fourth-order valence-electron chi connectivity index (χ4n) is 2.15. The molecule has 1 amide bonds. The Morgan fingerprint density at radius 1 is 0.923 bits per heavy atom. The van der Waals surface area contributed by atoms with E-state index in [1.54, 1.807) is 43.5 Å². The normalized spacial score (nSPS) is 10.3. The second kappa shape index (κ2) is 9.46. The fraction of sp³-hybridized carbons (Fsp3) is 0.300. The highest BCUT2D eigenvalue weighted by Crippen LogP contribution is 2.18. The standard InChI is InChI=1S/C20H23NO5/c1-14(2)15-4-8-18(9-5-15)25-13-20(23)26-12-19(22)21-16-6-10-17(24-3)11-7-16/h4-11,14H,12-13H2,1-3H3,(H,21,22). The minimum atomic E-state index is -0.609. The van der Waals surface area contributed by atoms with Crippen LogP contribution >= 0.6 is 0 Å². The van der Waals surface area contributed by atoms with Crippen molar-refractivity contribution >= 4 is 17.6 Å². The number of nitrogens with one attached hydrogen (secondary N) is 1. The van der Waals surface area contributed by atoms with Crippen LogP contribution < -0.4 is 14.8 Å². The van der Waals surface area contributed by atoms with Gasteiger partial charge < -0.3 is 19.5 Å². The lowest BCUT2D eigenvalue weighted by molar-refractivity contribution is -0.149. The summed E-state index contributed by atoms with van der Waals surface area (Å²) in [6.45, 7) is 3.58. The predicted molar refractivity (Wildman–Crippen MR) is 98.6 cm³/mol. The fourth-order valence-corrected chi connectivity index (χ4v) is 2.15. The van der Waals surface area contributed by atoms with Gasteiger partial charge in [-0.1, -0.05) is 26.0 Å². The van der Waals surface area contributed by atoms with Crippen LogP contribution in [0, 0.1) is 0 Å². The molecule has 0 saturated heterocycles. The highest BCUT2D eigenvalue weighted by Gasteiger charge is 2.09. The third-order valence-corrected chi connectivity index (χ3v) is 3.64. The molecular weight excluding hydrogens is 334 g/mol. The summed E-state index contributed by atoms with van der Waals surface area (Å²) in [5, 5.41) is 2.63. The summed E-state index contributed by atoms with van der Waals surface area (Å²) in [6.07, 6.45) is 0. The lowest BCUT2D eigenvalue weighted by atomic mass is 10.0. The van der Waals surface area contributed by atoms with Crippen molar-refractivity contribution < 1.29 is 23.8 Å². The van der Waals surface area contributed by atoms with Crippen LogP contribution in [0.4, 0.5) is 5.69 Å². The number of carbonyl (C=O) groups is 2. The molecular formula is C20H23NO5. The summed E-state index contributed by atoms with van der Waals surface area (Å²) < 4.78 is 15.3. The molecule has 0 aliphatic carbocycles. The van der Waals surface area contributed by atoms with Gasteiger partial charge in [-0.25, -0.2) is 4.79 Å². The number of hydrogen-bond acceptors (Lipinski definition) is 5. The first-order chi connectivity index (χ1) is 12.5. The van der Waals surface area contributed by atoms with E-state index in [0.717, 1.165) is 0 Å². The third kappa shape index (κ3) is 6.12. The van der Waals surface area contributed by atoms with E-state index >= 15 is 0 Å². The molecule has 0 aromatic heterocycles. The SMILES string of the molecule is COc1ccc(NC(=O)COC(=O)COc2ccc(C(C)C)cc2)cc1. The monoisotopic (exact) mass is 357 g/mol. The molecule has 0 unspecified atom stereocenters. The molecule has 6 heteroatoms. The van der Waals surface area contributed by atoms with Gasteiger partial charge in [0.05, 0.1) is 7.11 Å². The first-order valence-corrected chi connectivity index (χ1v) is 8.30. The van der Waals surface area contributed by atoms with Crippen LogP contribution in [-0.2, 0) is 14.3 Å². The maximum atomic E-state index is 11.8. The number of hydrogen-bond donors (Lipinski definition) is 1. The maximum Gasteiger partial charge on any atom is 0.344 e. The number of anilines is 1. The van der Waals surface area contributed by atoms with E-state index in [4.69, 9.17) is 14.2 Å². The van der Waals surface area contributed by atoms with Gasteiger partial charge in [0.1, 0.15) is 11.5 Å². The molecule has 1 N–H and O–H groups in total. The lowest BCUT2D eigenvalue weighted by Crippen LogP contribution is -2.23. The highest BCUT2D eigenvalue weighted by atomic mass is 16.6. The Hall–Kier alpha value is -3.02. The first-order valence-electron chi connectivity index (χ1n) is 8.30. The zero-order valence-electron chi connectivity index (χ0n) is 15.2. The number of carbonyl (C=O) groups excluding carboxylic acids is 2. The topological polar surface area (TPSA) is 73.9 Å². The van der Waals surface area contributed by atoms with Crippen LogP contribution in [0.15, 0.2) is 48.5 Å². The molecule has 0 bridgehead atoms. The molecule has 0 aliphatic heterocycles. The van der Waals surface area contributed by atoms with Gasteiger partial charge in [-0.05, 0) is 47.9 Å². The molecule has 0 spiro atoms. The molecule has 0 heterocycles. The van der Waals surface area contributed by atoms with Crippen molar-refractivity contribution in [3.63, 3.8) is 0 Å². The van der Waals surface area contributed by atoms with E-state index < -0.39 is 11.9 Å². The van der Waals surface area contributed by atoms with Crippen molar-refractivity contribution in [2.45, 2.75) is 19.8 Å². The molecule has 2 aromatic carbocycles. The molecule has 0 saturated carbocycles. The summed E-state index contributed by atoms with van der Waals surface area (Å²) >= 11 is 0. The molecule has 138 valence electrons. The number of esters is 1. The highest BCUT2D eigenvalue weighted by molar-refractivity contribution is 5.92. The second-order valence-corrected chi connectivity index (χ2v) is 5.95. The van der Waals surface area contributed by atoms with Gasteiger partial charge >= 0.3 is 5.97 Å². The van der Waals surface area contributed by atoms with Crippen LogP contribution in [0.2, 0.25) is 0 Å². The van der Waals surface area contributed by atoms with Crippen LogP contribution in [0.25, 0.3) is 0 Å². The quantitative estimate of drug-likeness (QED) is 0.733. The van der Waals surface area contributed by atoms with Crippen LogP contribution in [-0.4, -0.2) is 32.2 Å². The van der Waals surface area contributed by atoms with Gasteiger partial charge in [0.2, 0.25) is 0 Å². The van der Waals surface area contributed by atoms with Crippen LogP contribution in [0.1, 0.15) is 25.3 Å². The van der Waals surface area contributed by atoms with E-state index in [2.05, 4.69) is 19.2 Å². The number of amides is 1. The van der Waals surface area contributed by atoms with Crippen LogP contribution in [0.3, 0.4) is 0 Å². The molecule has 6 nitrogen and oxygen atoms in total. The van der Waals surface area contributed by atoms with Crippen molar-refractivity contribution in [1.29, 1.82) is 0 Å². The van der Waals surface area contributed by atoms with E-state index in [1.807, 2.05) is 12.1 Å². The van der Waals surface area contributed by atoms with E-state index in [1.165, 1.54) is 5.56 Å². The van der Waals surface area contributed by atoms with E-state index in [-0.39, 0.29) is 13.2 Å². The lowest BCUT2D eigenvalue weighted by Gasteiger charge is -2.09. The Labute approximate surface area is 153 Å². The predicted octanol–water partition coefficient (Wildman–Crippen LogP) is 3.38. The Morgan fingerprint density at radius 2 is 1.54 bits per heavy atom. The largest absolute Gasteiger partial charge is 0.497 e. The third-order valence-electron chi connectivity index (χ3n) is 3.64. The maximum absolute atomic E-state index is 11.8. The van der Waals surface area contributed by atoms with Gasteiger partial charge in [0.25, 0.3) is 5.91 Å². The smallest absolute Gasteiger partial charge is 0.344 e. The number of methoxy groups -OCH3 is 1. The average molecular weight is 357 g/mol. The van der Waals surface area contributed by atoms with E-state index in [0.29, 0.717) is 23.1 Å². The molecule has 2 aromatic rings. The molecule has 0 atom stereocenters. The average Bonchev–Trinajstić information content (AvgIpc) is 2.65. The number of ether oxygens (including phenoxy) is 3. The molecule has 0 radical (unpaired) electrons. The molecule has 26 heavy (non-hydrogen) atoms. The molecule has 0 aliphatic rings. The zero-order valence-corrected chi connectivity index (χ0v) is 15.2. The number of rotatable bonds is 8.